The van der Waals surface area contributed by atoms with Gasteiger partial charge < -0.3 is 14.2 Å². The number of carbonyl (C=O) groups is 1. The van der Waals surface area contributed by atoms with E-state index in [1.54, 1.807) is 18.9 Å². The summed E-state index contributed by atoms with van der Waals surface area (Å²) in [6, 6.07) is 0. The van der Waals surface area contributed by atoms with Crippen LogP contribution in [0.3, 0.4) is 0 Å². The van der Waals surface area contributed by atoms with Crippen LogP contribution in [0.1, 0.15) is 0 Å². The lowest BCUT2D eigenvalue weighted by molar-refractivity contribution is -0.142. The molecule has 1 atom stereocenters. The van der Waals surface area contributed by atoms with Crippen LogP contribution < -0.4 is 0 Å². The van der Waals surface area contributed by atoms with Crippen LogP contribution in [0.2, 0.25) is 0 Å². The molecule has 1 aliphatic heterocycles. The van der Waals surface area contributed by atoms with Gasteiger partial charge >= 0.3 is 5.97 Å². The van der Waals surface area contributed by atoms with E-state index in [9.17, 15) is 4.79 Å². The third-order valence-electron chi connectivity index (χ3n) is 1.85. The highest BCUT2D eigenvalue weighted by Gasteiger charge is 2.22. The Labute approximate surface area is 105 Å². The van der Waals surface area contributed by atoms with Crippen LogP contribution in [0.15, 0.2) is 0 Å². The van der Waals surface area contributed by atoms with Crippen molar-refractivity contribution in [3.05, 3.63) is 0 Å². The fourth-order valence-corrected chi connectivity index (χ4v) is 2.76. The predicted octanol–water partition coefficient (Wildman–Crippen LogP) is 1.04. The van der Waals surface area contributed by atoms with Crippen molar-refractivity contribution in [2.75, 3.05) is 50.8 Å². The third kappa shape index (κ3) is 8.27. The second-order valence-corrected chi connectivity index (χ2v) is 5.66. The summed E-state index contributed by atoms with van der Waals surface area (Å²) in [5.41, 5.74) is 0. The molecule has 1 saturated heterocycles. The van der Waals surface area contributed by atoms with Crippen LogP contribution in [0.4, 0.5) is 0 Å². The average molecular weight is 266 g/mol. The number of rotatable bonds is 10. The molecule has 0 radical (unpaired) electrons. The predicted molar refractivity (Wildman–Crippen MR) is 67.2 cm³/mol. The third-order valence-corrected chi connectivity index (χ3v) is 4.11. The molecule has 0 bridgehead atoms. The molecule has 0 aromatic carbocycles. The van der Waals surface area contributed by atoms with Crippen molar-refractivity contribution < 1.29 is 19.0 Å². The Hall–Kier alpha value is 0.0900. The maximum atomic E-state index is 11.2. The summed E-state index contributed by atoms with van der Waals surface area (Å²) < 4.78 is 15.0. The maximum absolute atomic E-state index is 11.2. The average Bonchev–Trinajstić information content (AvgIpc) is 3.07. The minimum atomic E-state index is -0.147. The zero-order chi connectivity index (χ0) is 11.6. The van der Waals surface area contributed by atoms with Gasteiger partial charge in [0, 0.05) is 23.9 Å². The minimum absolute atomic E-state index is 0.147. The molecule has 1 aliphatic rings. The van der Waals surface area contributed by atoms with Crippen LogP contribution in [0.25, 0.3) is 0 Å². The van der Waals surface area contributed by atoms with E-state index in [1.807, 2.05) is 11.8 Å². The van der Waals surface area contributed by atoms with Gasteiger partial charge in [-0.05, 0) is 0 Å². The highest BCUT2D eigenvalue weighted by Crippen LogP contribution is 2.32. The van der Waals surface area contributed by atoms with Gasteiger partial charge in [0.15, 0.2) is 0 Å². The summed E-state index contributed by atoms with van der Waals surface area (Å²) in [4.78, 5) is 11.2. The Bertz CT molecular complexity index is 197. The van der Waals surface area contributed by atoms with E-state index in [-0.39, 0.29) is 5.97 Å². The number of hydrogen-bond donors (Lipinski definition) is 0. The largest absolute Gasteiger partial charge is 0.463 e. The van der Waals surface area contributed by atoms with Crippen LogP contribution in [0, 0.1) is 0 Å². The monoisotopic (exact) mass is 266 g/mol. The molecule has 1 unspecified atom stereocenters. The Kier molecular flexibility index (Phi) is 8.10. The minimum Gasteiger partial charge on any atom is -0.463 e. The zero-order valence-electron chi connectivity index (χ0n) is 9.48. The molecule has 16 heavy (non-hydrogen) atoms. The number of thioether (sulfide) groups is 2. The zero-order valence-corrected chi connectivity index (χ0v) is 11.1. The van der Waals surface area contributed by atoms with E-state index in [2.05, 4.69) is 0 Å². The van der Waals surface area contributed by atoms with Gasteiger partial charge in [0.1, 0.15) is 6.61 Å². The van der Waals surface area contributed by atoms with Crippen LogP contribution in [0.5, 0.6) is 0 Å². The van der Waals surface area contributed by atoms with Gasteiger partial charge in [0.25, 0.3) is 0 Å². The topological polar surface area (TPSA) is 44.8 Å². The van der Waals surface area contributed by atoms with Crippen molar-refractivity contribution >= 4 is 29.5 Å². The molecular weight excluding hydrogens is 248 g/mol. The molecule has 6 heteroatoms. The molecule has 1 heterocycles. The first-order valence-electron chi connectivity index (χ1n) is 5.24. The highest BCUT2D eigenvalue weighted by atomic mass is 32.2. The Morgan fingerprint density at radius 2 is 2.12 bits per heavy atom. The molecular formula is C10H18O4S2. The van der Waals surface area contributed by atoms with Crippen molar-refractivity contribution in [3.8, 4) is 0 Å². The van der Waals surface area contributed by atoms with E-state index in [0.717, 1.165) is 11.0 Å². The summed E-state index contributed by atoms with van der Waals surface area (Å²) in [6.45, 7) is 1.89. The van der Waals surface area contributed by atoms with Gasteiger partial charge in [-0.3, -0.25) is 4.79 Å². The number of esters is 1. The molecule has 0 spiro atoms. The van der Waals surface area contributed by atoms with Gasteiger partial charge in [-0.1, -0.05) is 0 Å². The Morgan fingerprint density at radius 1 is 1.38 bits per heavy atom. The lowest BCUT2D eigenvalue weighted by Gasteiger charge is -2.05. The molecule has 1 fully saturated rings. The fraction of sp³-hybridized carbons (Fsp3) is 0.900. The first-order chi connectivity index (χ1) is 7.83. The van der Waals surface area contributed by atoms with E-state index in [4.69, 9.17) is 14.2 Å². The molecule has 0 aliphatic carbocycles. The quantitative estimate of drug-likeness (QED) is 0.334. The van der Waals surface area contributed by atoms with Crippen molar-refractivity contribution in [1.82, 2.24) is 0 Å². The SMILES string of the molecule is COCCOCCOC(=O)CSCC1CS1. The van der Waals surface area contributed by atoms with Gasteiger partial charge in [-0.2, -0.15) is 11.8 Å². The lowest BCUT2D eigenvalue weighted by atomic mass is 10.6. The van der Waals surface area contributed by atoms with Gasteiger partial charge in [-0.25, -0.2) is 0 Å². The lowest BCUT2D eigenvalue weighted by Crippen LogP contribution is -2.14. The highest BCUT2D eigenvalue weighted by molar-refractivity contribution is 8.08. The molecule has 0 aromatic heterocycles. The number of hydrogen-bond acceptors (Lipinski definition) is 6. The van der Waals surface area contributed by atoms with Crippen molar-refractivity contribution in [2.45, 2.75) is 5.25 Å². The van der Waals surface area contributed by atoms with E-state index in [0.29, 0.717) is 32.2 Å². The molecule has 0 aromatic rings. The first-order valence-corrected chi connectivity index (χ1v) is 7.45. The normalized spacial score (nSPS) is 18.4. The molecule has 94 valence electrons. The van der Waals surface area contributed by atoms with Crippen LogP contribution in [-0.2, 0) is 19.0 Å². The summed E-state index contributed by atoms with van der Waals surface area (Å²) in [7, 11) is 1.62. The van der Waals surface area contributed by atoms with Crippen molar-refractivity contribution in [1.29, 1.82) is 0 Å². The van der Waals surface area contributed by atoms with E-state index in [1.165, 1.54) is 5.75 Å². The van der Waals surface area contributed by atoms with Gasteiger partial charge in [0.05, 0.1) is 25.6 Å². The summed E-state index contributed by atoms with van der Waals surface area (Å²) in [5.74, 6) is 2.61. The summed E-state index contributed by atoms with van der Waals surface area (Å²) in [6.07, 6.45) is 0. The van der Waals surface area contributed by atoms with Crippen molar-refractivity contribution in [2.24, 2.45) is 0 Å². The number of ether oxygens (including phenoxy) is 3. The van der Waals surface area contributed by atoms with Gasteiger partial charge in [0.2, 0.25) is 0 Å². The smallest absolute Gasteiger partial charge is 0.315 e. The summed E-state index contributed by atoms with van der Waals surface area (Å²) in [5, 5.41) is 0.773. The molecule has 0 amide bonds. The molecule has 0 N–H and O–H groups in total. The molecule has 4 nitrogen and oxygen atoms in total. The molecule has 0 saturated carbocycles. The second kappa shape index (κ2) is 9.15. The van der Waals surface area contributed by atoms with Crippen LogP contribution >= 0.6 is 23.5 Å². The Morgan fingerprint density at radius 3 is 2.81 bits per heavy atom. The van der Waals surface area contributed by atoms with Crippen LogP contribution in [-0.4, -0.2) is 62.0 Å². The van der Waals surface area contributed by atoms with E-state index >= 15 is 0 Å². The Balaban J connectivity index is 1.78. The first kappa shape index (κ1) is 14.2. The van der Waals surface area contributed by atoms with Gasteiger partial charge in [-0.15, -0.1) is 11.8 Å². The molecule has 1 rings (SSSR count). The summed E-state index contributed by atoms with van der Waals surface area (Å²) >= 11 is 3.59. The fourth-order valence-electron chi connectivity index (χ4n) is 0.938. The standard InChI is InChI=1S/C10H18O4S2/c1-12-2-3-13-4-5-14-10(11)8-15-6-9-7-16-9/h9H,2-8H2,1H3. The maximum Gasteiger partial charge on any atom is 0.315 e. The second-order valence-electron chi connectivity index (χ2n) is 3.30. The van der Waals surface area contributed by atoms with E-state index < -0.39 is 0 Å². The number of methoxy groups -OCH3 is 1. The number of carbonyl (C=O) groups excluding carboxylic acids is 1. The van der Waals surface area contributed by atoms with Crippen molar-refractivity contribution in [3.63, 3.8) is 0 Å².